The Morgan fingerprint density at radius 3 is 2.59 bits per heavy atom. The van der Waals surface area contributed by atoms with Gasteiger partial charge in [0.25, 0.3) is 0 Å². The monoisotopic (exact) mass is 328 g/mol. The second kappa shape index (κ2) is 6.66. The van der Waals surface area contributed by atoms with Crippen LogP contribution in [0.5, 0.6) is 0 Å². The first-order valence-electron chi connectivity index (χ1n) is 7.13. The van der Waals surface area contributed by atoms with Crippen LogP contribution < -0.4 is 4.90 Å². The molecular weight excluding hydrogens is 308 g/mol. The Labute approximate surface area is 134 Å². The number of amides is 1. The molecule has 122 valence electrons. The third kappa shape index (κ3) is 4.20. The van der Waals surface area contributed by atoms with E-state index >= 15 is 0 Å². The maximum atomic E-state index is 12.1. The Balaban J connectivity index is 2.05. The van der Waals surface area contributed by atoms with Crippen molar-refractivity contribution in [3.8, 4) is 0 Å². The molecule has 0 spiro atoms. The molecule has 7 nitrogen and oxygen atoms in total. The normalized spacial score (nSPS) is 19.2. The summed E-state index contributed by atoms with van der Waals surface area (Å²) >= 11 is 5.78. The molecule has 1 N–H and O–H groups in total. The van der Waals surface area contributed by atoms with Gasteiger partial charge >= 0.3 is 6.09 Å². The van der Waals surface area contributed by atoms with E-state index in [1.54, 1.807) is 4.90 Å². The van der Waals surface area contributed by atoms with E-state index < -0.39 is 5.60 Å². The maximum absolute atomic E-state index is 12.1. The molecule has 1 aliphatic rings. The molecule has 2 heterocycles. The molecule has 0 radical (unpaired) electrons. The zero-order valence-electron chi connectivity index (χ0n) is 13.0. The van der Waals surface area contributed by atoms with Gasteiger partial charge in [0.05, 0.1) is 30.1 Å². The summed E-state index contributed by atoms with van der Waals surface area (Å²) in [5.74, 6) is 0.493. The van der Waals surface area contributed by atoms with Crippen LogP contribution in [0, 0.1) is 0 Å². The molecule has 22 heavy (non-hydrogen) atoms. The summed E-state index contributed by atoms with van der Waals surface area (Å²) in [7, 11) is 0. The maximum Gasteiger partial charge on any atom is 0.410 e. The molecule has 1 aromatic heterocycles. The van der Waals surface area contributed by atoms with Gasteiger partial charge in [-0.3, -0.25) is 0 Å². The van der Waals surface area contributed by atoms with Crippen LogP contribution in [0.2, 0.25) is 5.02 Å². The van der Waals surface area contributed by atoms with Gasteiger partial charge in [-0.1, -0.05) is 11.6 Å². The van der Waals surface area contributed by atoms with E-state index in [4.69, 9.17) is 16.3 Å². The van der Waals surface area contributed by atoms with Gasteiger partial charge in [-0.25, -0.2) is 14.8 Å². The molecule has 1 aromatic rings. The van der Waals surface area contributed by atoms with E-state index in [-0.39, 0.29) is 18.7 Å². The van der Waals surface area contributed by atoms with Crippen molar-refractivity contribution in [3.63, 3.8) is 0 Å². The number of rotatable bonds is 2. The van der Waals surface area contributed by atoms with Gasteiger partial charge in [-0.2, -0.15) is 0 Å². The third-order valence-electron chi connectivity index (χ3n) is 3.21. The summed E-state index contributed by atoms with van der Waals surface area (Å²) in [6.45, 7) is 6.73. The lowest BCUT2D eigenvalue weighted by Gasteiger charge is -2.40. The van der Waals surface area contributed by atoms with Crippen molar-refractivity contribution in [3.05, 3.63) is 17.4 Å². The van der Waals surface area contributed by atoms with Gasteiger partial charge in [-0.05, 0) is 20.8 Å². The van der Waals surface area contributed by atoms with Crippen molar-refractivity contribution < 1.29 is 14.6 Å². The van der Waals surface area contributed by atoms with Gasteiger partial charge in [0, 0.05) is 19.6 Å². The fraction of sp³-hybridized carbons (Fsp3) is 0.643. The summed E-state index contributed by atoms with van der Waals surface area (Å²) < 4.78 is 5.36. The number of carbonyl (C=O) groups excluding carboxylic acids is 1. The summed E-state index contributed by atoms with van der Waals surface area (Å²) in [5.41, 5.74) is -0.539. The molecule has 1 amide bonds. The molecule has 0 unspecified atom stereocenters. The number of piperazine rings is 1. The lowest BCUT2D eigenvalue weighted by Crippen LogP contribution is -2.57. The van der Waals surface area contributed by atoms with Crippen LogP contribution in [-0.4, -0.2) is 64.0 Å². The van der Waals surface area contributed by atoms with Crippen LogP contribution in [0.4, 0.5) is 10.7 Å². The minimum Gasteiger partial charge on any atom is -0.444 e. The number of aliphatic hydroxyl groups excluding tert-OH is 1. The van der Waals surface area contributed by atoms with E-state index in [0.29, 0.717) is 30.6 Å². The van der Waals surface area contributed by atoms with Crippen molar-refractivity contribution in [2.24, 2.45) is 0 Å². The van der Waals surface area contributed by atoms with Crippen LogP contribution in [0.15, 0.2) is 12.4 Å². The Bertz CT molecular complexity index is 518. The molecule has 0 saturated carbocycles. The number of hydrogen-bond donors (Lipinski definition) is 1. The fourth-order valence-electron chi connectivity index (χ4n) is 2.22. The van der Waals surface area contributed by atoms with Crippen molar-refractivity contribution in [1.82, 2.24) is 14.9 Å². The van der Waals surface area contributed by atoms with Crippen LogP contribution in [0.3, 0.4) is 0 Å². The van der Waals surface area contributed by atoms with Crippen molar-refractivity contribution in [1.29, 1.82) is 0 Å². The molecule has 1 fully saturated rings. The van der Waals surface area contributed by atoms with E-state index in [1.165, 1.54) is 12.4 Å². The van der Waals surface area contributed by atoms with Gasteiger partial charge in [0.2, 0.25) is 5.95 Å². The Hall–Kier alpha value is -1.60. The van der Waals surface area contributed by atoms with E-state index in [2.05, 4.69) is 9.97 Å². The SMILES string of the molecule is CC(C)(C)OC(=O)N1CCN(c2ncc(Cl)cn2)[C@H](CO)C1. The number of halogens is 1. The van der Waals surface area contributed by atoms with Crippen molar-refractivity contribution >= 4 is 23.6 Å². The average molecular weight is 329 g/mol. The van der Waals surface area contributed by atoms with Crippen molar-refractivity contribution in [2.45, 2.75) is 32.4 Å². The highest BCUT2D eigenvalue weighted by Crippen LogP contribution is 2.19. The Kier molecular flexibility index (Phi) is 5.08. The van der Waals surface area contributed by atoms with E-state index in [1.807, 2.05) is 25.7 Å². The third-order valence-corrected chi connectivity index (χ3v) is 3.40. The number of ether oxygens (including phenoxy) is 1. The first kappa shape index (κ1) is 16.8. The van der Waals surface area contributed by atoms with Crippen molar-refractivity contribution in [2.75, 3.05) is 31.1 Å². The molecule has 0 aliphatic carbocycles. The zero-order valence-corrected chi connectivity index (χ0v) is 13.7. The molecule has 1 atom stereocenters. The highest BCUT2D eigenvalue weighted by Gasteiger charge is 2.32. The number of aliphatic hydroxyl groups is 1. The standard InChI is InChI=1S/C14H21ClN4O3/c1-14(2,3)22-13(21)18-4-5-19(11(8-18)9-20)12-16-6-10(15)7-17-12/h6-7,11,20H,4-5,8-9H2,1-3H3/t11-/m0/s1. The summed E-state index contributed by atoms with van der Waals surface area (Å²) in [5, 5.41) is 10.1. The first-order chi connectivity index (χ1) is 10.3. The molecule has 1 saturated heterocycles. The fourth-order valence-corrected chi connectivity index (χ4v) is 2.32. The van der Waals surface area contributed by atoms with Crippen LogP contribution in [0.25, 0.3) is 0 Å². The van der Waals surface area contributed by atoms with Gasteiger partial charge in [0.1, 0.15) is 5.60 Å². The summed E-state index contributed by atoms with van der Waals surface area (Å²) in [4.78, 5) is 23.9. The molecule has 8 heteroatoms. The molecular formula is C14H21ClN4O3. The quantitative estimate of drug-likeness (QED) is 0.887. The highest BCUT2D eigenvalue weighted by molar-refractivity contribution is 6.30. The lowest BCUT2D eigenvalue weighted by molar-refractivity contribution is 0.0196. The average Bonchev–Trinajstić information content (AvgIpc) is 2.45. The topological polar surface area (TPSA) is 78.8 Å². The number of anilines is 1. The smallest absolute Gasteiger partial charge is 0.410 e. The van der Waals surface area contributed by atoms with Crippen LogP contribution >= 0.6 is 11.6 Å². The molecule has 0 bridgehead atoms. The minimum absolute atomic E-state index is 0.106. The largest absolute Gasteiger partial charge is 0.444 e. The second-order valence-corrected chi connectivity index (χ2v) is 6.59. The summed E-state index contributed by atoms with van der Waals surface area (Å²) in [6.07, 6.45) is 2.65. The zero-order chi connectivity index (χ0) is 16.3. The van der Waals surface area contributed by atoms with E-state index in [9.17, 15) is 9.90 Å². The minimum atomic E-state index is -0.539. The van der Waals surface area contributed by atoms with Gasteiger partial charge < -0.3 is 19.6 Å². The second-order valence-electron chi connectivity index (χ2n) is 6.16. The molecule has 0 aromatic carbocycles. The molecule has 1 aliphatic heterocycles. The number of aromatic nitrogens is 2. The van der Waals surface area contributed by atoms with Crippen LogP contribution in [-0.2, 0) is 4.74 Å². The van der Waals surface area contributed by atoms with Crippen LogP contribution in [0.1, 0.15) is 20.8 Å². The predicted octanol–water partition coefficient (Wildman–Crippen LogP) is 1.55. The first-order valence-corrected chi connectivity index (χ1v) is 7.51. The summed E-state index contributed by atoms with van der Waals surface area (Å²) in [6, 6.07) is -0.276. The van der Waals surface area contributed by atoms with Gasteiger partial charge in [-0.15, -0.1) is 0 Å². The number of nitrogens with zero attached hydrogens (tertiary/aromatic N) is 4. The lowest BCUT2D eigenvalue weighted by atomic mass is 10.2. The number of carbonyl (C=O) groups is 1. The predicted molar refractivity (Wildman–Crippen MR) is 83.1 cm³/mol. The van der Waals surface area contributed by atoms with E-state index in [0.717, 1.165) is 0 Å². The Morgan fingerprint density at radius 2 is 2.05 bits per heavy atom. The number of hydrogen-bond acceptors (Lipinski definition) is 6. The molecule has 2 rings (SSSR count). The highest BCUT2D eigenvalue weighted by atomic mass is 35.5. The Morgan fingerprint density at radius 1 is 1.41 bits per heavy atom. The van der Waals surface area contributed by atoms with Gasteiger partial charge in [0.15, 0.2) is 0 Å².